The summed E-state index contributed by atoms with van der Waals surface area (Å²) in [5.74, 6) is 2.88. The van der Waals surface area contributed by atoms with Crippen LogP contribution in [0.15, 0.2) is 40.0 Å². The largest absolute Gasteiger partial charge is 0.411 e. The van der Waals surface area contributed by atoms with Crippen LogP contribution in [-0.4, -0.2) is 33.4 Å². The quantitative estimate of drug-likeness (QED) is 0.678. The highest BCUT2D eigenvalue weighted by Crippen LogP contribution is 2.55. The van der Waals surface area contributed by atoms with Crippen LogP contribution < -0.4 is 10.6 Å². The van der Waals surface area contributed by atoms with Gasteiger partial charge in [0, 0.05) is 23.3 Å². The molecule has 0 atom stereocenters. The molecule has 2 N–H and O–H groups in total. The van der Waals surface area contributed by atoms with E-state index in [2.05, 4.69) is 20.8 Å². The number of urea groups is 1. The molecule has 0 saturated heterocycles. The minimum atomic E-state index is -0.351. The average Bonchev–Trinajstić information content (AvgIpc) is 3.16. The molecule has 0 radical (unpaired) electrons. The maximum atomic E-state index is 12.4. The van der Waals surface area contributed by atoms with Gasteiger partial charge in [0.15, 0.2) is 0 Å². The third-order valence-electron chi connectivity index (χ3n) is 6.65. The molecule has 4 aliphatic carbocycles. The van der Waals surface area contributed by atoms with Gasteiger partial charge in [0.1, 0.15) is 0 Å². The number of carbonyl (C=O) groups is 2. The fourth-order valence-corrected chi connectivity index (χ4v) is 6.62. The van der Waals surface area contributed by atoms with Gasteiger partial charge in [0.25, 0.3) is 5.22 Å². The molecule has 8 heteroatoms. The van der Waals surface area contributed by atoms with Crippen molar-refractivity contribution in [3.05, 3.63) is 30.3 Å². The summed E-state index contributed by atoms with van der Waals surface area (Å²) >= 11 is 1.31. The monoisotopic (exact) mass is 426 g/mol. The van der Waals surface area contributed by atoms with Crippen LogP contribution in [0.4, 0.5) is 4.79 Å². The molecule has 4 bridgehead atoms. The van der Waals surface area contributed by atoms with Crippen LogP contribution in [0, 0.1) is 17.8 Å². The number of rotatable bonds is 6. The number of imide groups is 1. The van der Waals surface area contributed by atoms with Crippen molar-refractivity contribution in [3.8, 4) is 11.5 Å². The number of benzene rings is 1. The Hall–Kier alpha value is -2.35. The first-order valence-electron chi connectivity index (χ1n) is 10.7. The third kappa shape index (κ3) is 4.24. The summed E-state index contributed by atoms with van der Waals surface area (Å²) in [7, 11) is 0. The van der Waals surface area contributed by atoms with E-state index in [1.807, 2.05) is 30.3 Å². The molecule has 158 valence electrons. The number of carbonyl (C=O) groups excluding carboxylic acids is 2. The van der Waals surface area contributed by atoms with E-state index in [-0.39, 0.29) is 23.9 Å². The normalized spacial score (nSPS) is 29.0. The fourth-order valence-electron chi connectivity index (χ4n) is 5.92. The first-order chi connectivity index (χ1) is 14.6. The van der Waals surface area contributed by atoms with Gasteiger partial charge in [-0.2, -0.15) is 0 Å². The van der Waals surface area contributed by atoms with E-state index in [1.165, 1.54) is 31.0 Å². The van der Waals surface area contributed by atoms with Crippen molar-refractivity contribution >= 4 is 23.7 Å². The minimum Gasteiger partial charge on any atom is -0.411 e. The Morgan fingerprint density at radius 1 is 1.03 bits per heavy atom. The van der Waals surface area contributed by atoms with Crippen LogP contribution in [0.5, 0.6) is 0 Å². The fraction of sp³-hybridized carbons (Fsp3) is 0.545. The summed E-state index contributed by atoms with van der Waals surface area (Å²) < 4.78 is 5.62. The summed E-state index contributed by atoms with van der Waals surface area (Å²) in [5.41, 5.74) is 0.766. The van der Waals surface area contributed by atoms with E-state index in [4.69, 9.17) is 4.42 Å². The van der Waals surface area contributed by atoms with E-state index in [9.17, 15) is 9.59 Å². The van der Waals surface area contributed by atoms with Crippen LogP contribution in [0.2, 0.25) is 0 Å². The highest BCUT2D eigenvalue weighted by Gasteiger charge is 2.51. The average molecular weight is 427 g/mol. The zero-order chi connectivity index (χ0) is 20.6. The molecule has 4 aliphatic rings. The molecule has 4 fully saturated rings. The molecule has 1 aromatic heterocycles. The van der Waals surface area contributed by atoms with Crippen molar-refractivity contribution < 1.29 is 14.0 Å². The van der Waals surface area contributed by atoms with Gasteiger partial charge in [-0.15, -0.1) is 10.2 Å². The lowest BCUT2D eigenvalue weighted by Gasteiger charge is -2.56. The first kappa shape index (κ1) is 19.6. The van der Waals surface area contributed by atoms with Crippen LogP contribution in [0.1, 0.15) is 44.9 Å². The molecule has 0 aliphatic heterocycles. The van der Waals surface area contributed by atoms with E-state index in [1.54, 1.807) is 0 Å². The SMILES string of the molecule is O=C(CCSc1nnc(-c2ccccc2)o1)NC(=O)NC12CC3CC(CC(C3)C1)C2. The van der Waals surface area contributed by atoms with Crippen molar-refractivity contribution in [1.29, 1.82) is 0 Å². The number of thioether (sulfide) groups is 1. The number of hydrogen-bond donors (Lipinski definition) is 2. The predicted octanol–water partition coefficient (Wildman–Crippen LogP) is 4.01. The highest BCUT2D eigenvalue weighted by atomic mass is 32.2. The zero-order valence-electron chi connectivity index (χ0n) is 16.8. The maximum absolute atomic E-state index is 12.4. The molecule has 30 heavy (non-hydrogen) atoms. The molecule has 1 heterocycles. The van der Waals surface area contributed by atoms with Gasteiger partial charge in [-0.3, -0.25) is 10.1 Å². The Labute approximate surface area is 179 Å². The van der Waals surface area contributed by atoms with Gasteiger partial charge in [0.05, 0.1) is 0 Å². The van der Waals surface area contributed by atoms with Gasteiger partial charge in [-0.25, -0.2) is 4.79 Å². The minimum absolute atomic E-state index is 0.0918. The summed E-state index contributed by atoms with van der Waals surface area (Å²) in [6.07, 6.45) is 7.37. The zero-order valence-corrected chi connectivity index (χ0v) is 17.6. The second-order valence-electron chi connectivity index (χ2n) is 9.04. The smallest absolute Gasteiger partial charge is 0.321 e. The first-order valence-corrected chi connectivity index (χ1v) is 11.7. The van der Waals surface area contributed by atoms with Crippen LogP contribution >= 0.6 is 11.8 Å². The summed E-state index contributed by atoms with van der Waals surface area (Å²) in [6.45, 7) is 0. The second kappa shape index (κ2) is 8.06. The summed E-state index contributed by atoms with van der Waals surface area (Å²) in [5, 5.41) is 14.1. The number of amides is 3. The molecular weight excluding hydrogens is 400 g/mol. The number of hydrogen-bond acceptors (Lipinski definition) is 6. The molecule has 7 nitrogen and oxygen atoms in total. The lowest BCUT2D eigenvalue weighted by atomic mass is 9.53. The lowest BCUT2D eigenvalue weighted by molar-refractivity contribution is -0.119. The molecule has 4 saturated carbocycles. The van der Waals surface area contributed by atoms with Crippen molar-refractivity contribution in [2.75, 3.05) is 5.75 Å². The Kier molecular flexibility index (Phi) is 5.26. The summed E-state index contributed by atoms with van der Waals surface area (Å²) in [6, 6.07) is 9.19. The molecule has 3 amide bonds. The molecule has 6 rings (SSSR count). The Bertz CT molecular complexity index is 894. The lowest BCUT2D eigenvalue weighted by Crippen LogP contribution is -2.61. The van der Waals surface area contributed by atoms with E-state index >= 15 is 0 Å². The number of aromatic nitrogens is 2. The molecule has 0 spiro atoms. The Balaban J connectivity index is 1.07. The van der Waals surface area contributed by atoms with Crippen molar-refractivity contribution in [2.24, 2.45) is 17.8 Å². The Morgan fingerprint density at radius 2 is 1.70 bits per heavy atom. The van der Waals surface area contributed by atoms with Gasteiger partial charge >= 0.3 is 6.03 Å². The number of nitrogens with zero attached hydrogens (tertiary/aromatic N) is 2. The van der Waals surface area contributed by atoms with Crippen LogP contribution in [-0.2, 0) is 4.79 Å². The Morgan fingerprint density at radius 3 is 2.37 bits per heavy atom. The highest BCUT2D eigenvalue weighted by molar-refractivity contribution is 7.99. The maximum Gasteiger partial charge on any atom is 0.321 e. The van der Waals surface area contributed by atoms with Crippen molar-refractivity contribution in [1.82, 2.24) is 20.8 Å². The predicted molar refractivity (Wildman–Crippen MR) is 113 cm³/mol. The standard InChI is InChI=1S/C22H26N4O3S/c27-18(6-7-30-21-26-25-19(29-21)17-4-2-1-3-5-17)23-20(28)24-22-11-14-8-15(12-22)10-16(9-14)13-22/h1-5,14-16H,6-13H2,(H2,23,24,27,28). The molecular formula is C22H26N4O3S. The van der Waals surface area contributed by atoms with E-state index in [0.717, 1.165) is 42.6 Å². The van der Waals surface area contributed by atoms with Crippen molar-refractivity contribution in [2.45, 2.75) is 55.7 Å². The number of nitrogens with one attached hydrogen (secondary N) is 2. The van der Waals surface area contributed by atoms with Crippen molar-refractivity contribution in [3.63, 3.8) is 0 Å². The third-order valence-corrected chi connectivity index (χ3v) is 7.47. The second-order valence-corrected chi connectivity index (χ2v) is 10.1. The molecule has 2 aromatic rings. The van der Waals surface area contributed by atoms with Gasteiger partial charge in [-0.05, 0) is 68.4 Å². The van der Waals surface area contributed by atoms with E-state index in [0.29, 0.717) is 16.9 Å². The van der Waals surface area contributed by atoms with Gasteiger partial charge < -0.3 is 9.73 Å². The van der Waals surface area contributed by atoms with Crippen LogP contribution in [0.25, 0.3) is 11.5 Å². The topological polar surface area (TPSA) is 97.1 Å². The molecule has 1 aromatic carbocycles. The van der Waals surface area contributed by atoms with Crippen LogP contribution in [0.3, 0.4) is 0 Å². The van der Waals surface area contributed by atoms with Gasteiger partial charge in [-0.1, -0.05) is 30.0 Å². The van der Waals surface area contributed by atoms with Gasteiger partial charge in [0.2, 0.25) is 11.8 Å². The van der Waals surface area contributed by atoms with E-state index < -0.39 is 0 Å². The molecule has 0 unspecified atom stereocenters. The summed E-state index contributed by atoms with van der Waals surface area (Å²) in [4.78, 5) is 24.6.